The second-order valence-corrected chi connectivity index (χ2v) is 13.3. The van der Waals surface area contributed by atoms with Crippen molar-refractivity contribution in [3.05, 3.63) is 88.5 Å². The summed E-state index contributed by atoms with van der Waals surface area (Å²) in [6, 6.07) is 12.8. The van der Waals surface area contributed by atoms with Gasteiger partial charge in [0, 0.05) is 32.3 Å². The minimum Gasteiger partial charge on any atom is -0.292 e. The highest BCUT2D eigenvalue weighted by Crippen LogP contribution is 2.32. The number of sulfonamides is 1. The van der Waals surface area contributed by atoms with Crippen LogP contribution in [0.25, 0.3) is 0 Å². The number of aryl methyl sites for hydroxylation is 1. The second-order valence-electron chi connectivity index (χ2n) is 11.7. The van der Waals surface area contributed by atoms with E-state index < -0.39 is 21.8 Å². The number of fused-ring (bicyclic) bond motifs is 1. The molecule has 2 aromatic carbocycles. The summed E-state index contributed by atoms with van der Waals surface area (Å²) in [6.45, 7) is 4.10. The number of benzene rings is 2. The van der Waals surface area contributed by atoms with Gasteiger partial charge in [0.2, 0.25) is 0 Å². The van der Waals surface area contributed by atoms with Gasteiger partial charge in [0.1, 0.15) is 11.5 Å². The van der Waals surface area contributed by atoms with Crippen LogP contribution in [0.4, 0.5) is 18.9 Å². The zero-order valence-corrected chi connectivity index (χ0v) is 24.5. The molecule has 0 spiro atoms. The fourth-order valence-corrected chi connectivity index (χ4v) is 7.18. The predicted molar refractivity (Wildman–Crippen MR) is 155 cm³/mol. The van der Waals surface area contributed by atoms with E-state index >= 15 is 0 Å². The van der Waals surface area contributed by atoms with Crippen LogP contribution in [-0.2, 0) is 35.3 Å². The number of hydrogen-bond acceptors (Lipinski definition) is 4. The van der Waals surface area contributed by atoms with Crippen molar-refractivity contribution in [1.82, 2.24) is 9.88 Å². The maximum absolute atomic E-state index is 14.9. The van der Waals surface area contributed by atoms with Crippen molar-refractivity contribution >= 4 is 15.7 Å². The van der Waals surface area contributed by atoms with E-state index in [9.17, 15) is 21.6 Å². The third kappa shape index (κ3) is 7.12. The SMILES string of the molecule is CC(c1ccc(C(C)(F)F)nc1)N1CCc2cc(S(=O)(=O)Nc3ccc(CCCC4CCCC4)cc3F)ccc2C1. The molecule has 0 saturated heterocycles. The summed E-state index contributed by atoms with van der Waals surface area (Å²) >= 11 is 0. The van der Waals surface area contributed by atoms with E-state index in [0.717, 1.165) is 54.4 Å². The molecule has 0 amide bonds. The summed E-state index contributed by atoms with van der Waals surface area (Å²) in [7, 11) is -3.97. The van der Waals surface area contributed by atoms with Crippen molar-refractivity contribution in [2.45, 2.75) is 88.6 Å². The molecular formula is C32H38F3N3O2S. The van der Waals surface area contributed by atoms with Crippen LogP contribution in [0.2, 0.25) is 0 Å². The van der Waals surface area contributed by atoms with Crippen LogP contribution < -0.4 is 4.72 Å². The molecule has 0 radical (unpaired) electrons. The average Bonchev–Trinajstić information content (AvgIpc) is 3.47. The Kier molecular flexibility index (Phi) is 8.76. The molecule has 2 heterocycles. The minimum absolute atomic E-state index is 0.0473. The smallest absolute Gasteiger partial charge is 0.286 e. The van der Waals surface area contributed by atoms with Gasteiger partial charge in [-0.1, -0.05) is 50.3 Å². The average molecular weight is 586 g/mol. The van der Waals surface area contributed by atoms with Crippen LogP contribution in [0.15, 0.2) is 59.6 Å². The molecule has 1 N–H and O–H groups in total. The first-order chi connectivity index (χ1) is 19.5. The fourth-order valence-electron chi connectivity index (χ4n) is 6.07. The molecule has 1 aliphatic carbocycles. The maximum Gasteiger partial charge on any atom is 0.286 e. The van der Waals surface area contributed by atoms with Gasteiger partial charge in [0.05, 0.1) is 10.6 Å². The first kappa shape index (κ1) is 29.6. The van der Waals surface area contributed by atoms with Crippen molar-refractivity contribution in [3.8, 4) is 0 Å². The van der Waals surface area contributed by atoms with Gasteiger partial charge < -0.3 is 0 Å². The molecular weight excluding hydrogens is 547 g/mol. The van der Waals surface area contributed by atoms with E-state index in [1.165, 1.54) is 50.1 Å². The van der Waals surface area contributed by atoms with E-state index in [4.69, 9.17) is 0 Å². The summed E-state index contributed by atoms with van der Waals surface area (Å²) in [5, 5.41) is 0. The Labute approximate surface area is 241 Å². The lowest BCUT2D eigenvalue weighted by Crippen LogP contribution is -2.33. The number of halogens is 3. The lowest BCUT2D eigenvalue weighted by Gasteiger charge is -2.34. The zero-order chi connectivity index (χ0) is 29.2. The van der Waals surface area contributed by atoms with E-state index in [2.05, 4.69) is 14.6 Å². The first-order valence-electron chi connectivity index (χ1n) is 14.5. The highest BCUT2D eigenvalue weighted by molar-refractivity contribution is 7.92. The largest absolute Gasteiger partial charge is 0.292 e. The van der Waals surface area contributed by atoms with E-state index in [1.807, 2.05) is 6.92 Å². The number of anilines is 1. The van der Waals surface area contributed by atoms with E-state index in [0.29, 0.717) is 19.5 Å². The topological polar surface area (TPSA) is 62.3 Å². The van der Waals surface area contributed by atoms with Crippen molar-refractivity contribution in [2.24, 2.45) is 5.92 Å². The van der Waals surface area contributed by atoms with E-state index in [1.54, 1.807) is 30.3 Å². The number of pyridine rings is 1. The van der Waals surface area contributed by atoms with Crippen LogP contribution >= 0.6 is 0 Å². The Hall–Kier alpha value is -2.91. The standard InChI is InChI=1S/C32H38F3N3O2S/c1-22(26-12-15-31(36-20-26)32(2,34)35)38-17-16-25-19-28(13-11-27(25)21-38)41(39,40)37-30-14-10-24(18-29(30)33)9-5-8-23-6-3-4-7-23/h10-15,18-20,22-23,37H,3-9,16-17,21H2,1-2H3. The van der Waals surface area contributed by atoms with Gasteiger partial charge in [-0.3, -0.25) is 14.6 Å². The van der Waals surface area contributed by atoms with Crippen LogP contribution in [0, 0.1) is 11.7 Å². The highest BCUT2D eigenvalue weighted by Gasteiger charge is 2.28. The molecule has 1 aromatic heterocycles. The Morgan fingerprint density at radius 2 is 1.85 bits per heavy atom. The molecule has 1 atom stereocenters. The number of nitrogens with zero attached hydrogens (tertiary/aromatic N) is 2. The third-order valence-corrected chi connectivity index (χ3v) is 9.99. The molecule has 41 heavy (non-hydrogen) atoms. The van der Waals surface area contributed by atoms with Crippen LogP contribution in [0.3, 0.4) is 0 Å². The number of alkyl halides is 2. The molecule has 0 bridgehead atoms. The number of hydrogen-bond donors (Lipinski definition) is 1. The summed E-state index contributed by atoms with van der Waals surface area (Å²) in [5.41, 5.74) is 3.33. The molecule has 3 aromatic rings. The summed E-state index contributed by atoms with van der Waals surface area (Å²) < 4.78 is 70.6. The molecule has 1 aliphatic heterocycles. The van der Waals surface area contributed by atoms with Crippen molar-refractivity contribution in [2.75, 3.05) is 11.3 Å². The van der Waals surface area contributed by atoms with Gasteiger partial charge in [-0.2, -0.15) is 8.78 Å². The monoisotopic (exact) mass is 585 g/mol. The van der Waals surface area contributed by atoms with Gasteiger partial charge >= 0.3 is 0 Å². The molecule has 220 valence electrons. The Balaban J connectivity index is 1.21. The van der Waals surface area contributed by atoms with Gasteiger partial charge in [0.25, 0.3) is 15.9 Å². The maximum atomic E-state index is 14.9. The second kappa shape index (κ2) is 12.1. The van der Waals surface area contributed by atoms with Crippen LogP contribution in [0.5, 0.6) is 0 Å². The number of nitrogens with one attached hydrogen (secondary N) is 1. The predicted octanol–water partition coefficient (Wildman–Crippen LogP) is 7.77. The van der Waals surface area contributed by atoms with Crippen molar-refractivity contribution in [1.29, 1.82) is 0 Å². The van der Waals surface area contributed by atoms with Crippen LogP contribution in [0.1, 0.15) is 86.4 Å². The van der Waals surface area contributed by atoms with Crippen molar-refractivity contribution < 1.29 is 21.6 Å². The number of aromatic nitrogens is 1. The third-order valence-electron chi connectivity index (χ3n) is 8.63. The lowest BCUT2D eigenvalue weighted by molar-refractivity contribution is 0.0127. The quantitative estimate of drug-likeness (QED) is 0.264. The summed E-state index contributed by atoms with van der Waals surface area (Å²) in [4.78, 5) is 6.25. The number of rotatable bonds is 10. The van der Waals surface area contributed by atoms with Crippen LogP contribution in [-0.4, -0.2) is 24.8 Å². The molecule has 1 fully saturated rings. The molecule has 1 saturated carbocycles. The molecule has 2 aliphatic rings. The normalized spacial score (nSPS) is 17.4. The zero-order valence-electron chi connectivity index (χ0n) is 23.7. The summed E-state index contributed by atoms with van der Waals surface area (Å²) in [5.74, 6) is -2.76. The van der Waals surface area contributed by atoms with Crippen molar-refractivity contribution in [3.63, 3.8) is 0 Å². The first-order valence-corrected chi connectivity index (χ1v) is 16.0. The molecule has 9 heteroatoms. The molecule has 5 nitrogen and oxygen atoms in total. The molecule has 1 unspecified atom stereocenters. The van der Waals surface area contributed by atoms with Gasteiger partial charge in [-0.25, -0.2) is 12.8 Å². The van der Waals surface area contributed by atoms with E-state index in [-0.39, 0.29) is 22.3 Å². The van der Waals surface area contributed by atoms with Gasteiger partial charge in [-0.05, 0) is 84.7 Å². The Bertz CT molecular complexity index is 1470. The van der Waals surface area contributed by atoms with Gasteiger partial charge in [0.15, 0.2) is 0 Å². The summed E-state index contributed by atoms with van der Waals surface area (Å²) in [6.07, 6.45) is 10.3. The highest BCUT2D eigenvalue weighted by atomic mass is 32.2. The Morgan fingerprint density at radius 3 is 2.54 bits per heavy atom. The Morgan fingerprint density at radius 1 is 1.07 bits per heavy atom. The molecule has 5 rings (SSSR count). The van der Waals surface area contributed by atoms with Gasteiger partial charge in [-0.15, -0.1) is 0 Å². The minimum atomic E-state index is -3.97. The fraction of sp³-hybridized carbons (Fsp3) is 0.469. The lowest BCUT2D eigenvalue weighted by atomic mass is 9.97.